The minimum Gasteiger partial charge on any atom is -0.497 e. The highest BCUT2D eigenvalue weighted by atomic mass is 16.5. The monoisotopic (exact) mass is 488 g/mol. The Morgan fingerprint density at radius 3 is 2.44 bits per heavy atom. The summed E-state index contributed by atoms with van der Waals surface area (Å²) in [4.78, 5) is 30.4. The number of amides is 2. The number of nitrogens with zero attached hydrogens (tertiary/aromatic N) is 4. The van der Waals surface area contributed by atoms with Crippen LogP contribution in [-0.4, -0.2) is 64.7 Å². The van der Waals surface area contributed by atoms with E-state index in [0.29, 0.717) is 25.2 Å². The molecule has 36 heavy (non-hydrogen) atoms. The molecule has 1 fully saturated rings. The summed E-state index contributed by atoms with van der Waals surface area (Å²) < 4.78 is 7.07. The highest BCUT2D eigenvalue weighted by Crippen LogP contribution is 2.30. The second kappa shape index (κ2) is 11.4. The van der Waals surface area contributed by atoms with Gasteiger partial charge in [0, 0.05) is 39.4 Å². The number of likely N-dealkylation sites (tertiary alicyclic amines) is 1. The Labute approximate surface area is 213 Å². The molecule has 7 heteroatoms. The summed E-state index contributed by atoms with van der Waals surface area (Å²) in [5, 5.41) is 4.33. The first-order valence-corrected chi connectivity index (χ1v) is 12.6. The summed E-state index contributed by atoms with van der Waals surface area (Å²) in [6, 6.07) is 19.7. The highest BCUT2D eigenvalue weighted by molar-refractivity contribution is 5.92. The summed E-state index contributed by atoms with van der Waals surface area (Å²) in [5.74, 6) is 0.996. The van der Waals surface area contributed by atoms with Crippen LogP contribution in [-0.2, 0) is 18.3 Å². The van der Waals surface area contributed by atoms with Gasteiger partial charge in [0.25, 0.3) is 5.91 Å². The summed E-state index contributed by atoms with van der Waals surface area (Å²) in [6.07, 6.45) is 4.20. The van der Waals surface area contributed by atoms with Crippen LogP contribution in [0.4, 0.5) is 0 Å². The fourth-order valence-corrected chi connectivity index (χ4v) is 5.18. The standard InChI is InChI=1S/C29H36N4O3/c1-21(23-10-6-5-7-11-23)28(34)33-17-13-24(14-18-33)27(20-22-9-8-12-25(19-22)36-4)32(3)29(35)26-15-16-31(2)30-26/h5-12,15-16,19,21,24,27H,13-14,17-18,20H2,1-4H3. The highest BCUT2D eigenvalue weighted by Gasteiger charge is 2.34. The molecule has 0 spiro atoms. The average molecular weight is 489 g/mol. The predicted octanol–water partition coefficient (Wildman–Crippen LogP) is 4.15. The predicted molar refractivity (Wildman–Crippen MR) is 140 cm³/mol. The molecule has 1 aliphatic rings. The molecule has 190 valence electrons. The zero-order chi connectivity index (χ0) is 25.7. The van der Waals surface area contributed by atoms with Gasteiger partial charge in [-0.2, -0.15) is 5.10 Å². The number of likely N-dealkylation sites (N-methyl/N-ethyl adjacent to an activating group) is 1. The van der Waals surface area contributed by atoms with Gasteiger partial charge in [-0.1, -0.05) is 42.5 Å². The first-order valence-electron chi connectivity index (χ1n) is 12.6. The topological polar surface area (TPSA) is 67.7 Å². The number of rotatable bonds is 8. The lowest BCUT2D eigenvalue weighted by molar-refractivity contribution is -0.134. The van der Waals surface area contributed by atoms with E-state index >= 15 is 0 Å². The van der Waals surface area contributed by atoms with Crippen molar-refractivity contribution < 1.29 is 14.3 Å². The molecule has 2 unspecified atom stereocenters. The number of aromatic nitrogens is 2. The fraction of sp³-hybridized carbons (Fsp3) is 0.414. The number of carbonyl (C=O) groups excluding carboxylic acids is 2. The van der Waals surface area contributed by atoms with Crippen LogP contribution in [0.5, 0.6) is 5.75 Å². The van der Waals surface area contributed by atoms with Gasteiger partial charge in [-0.05, 0) is 61.4 Å². The van der Waals surface area contributed by atoms with Crippen LogP contribution in [0.25, 0.3) is 0 Å². The van der Waals surface area contributed by atoms with Gasteiger partial charge in [-0.3, -0.25) is 14.3 Å². The summed E-state index contributed by atoms with van der Waals surface area (Å²) in [6.45, 7) is 3.37. The van der Waals surface area contributed by atoms with Gasteiger partial charge in [0.1, 0.15) is 11.4 Å². The smallest absolute Gasteiger partial charge is 0.274 e. The van der Waals surface area contributed by atoms with Crippen molar-refractivity contribution in [1.29, 1.82) is 0 Å². The number of ether oxygens (including phenoxy) is 1. The van der Waals surface area contributed by atoms with Crippen molar-refractivity contribution in [2.45, 2.75) is 38.1 Å². The Morgan fingerprint density at radius 2 is 1.81 bits per heavy atom. The zero-order valence-corrected chi connectivity index (χ0v) is 21.6. The maximum absolute atomic E-state index is 13.3. The van der Waals surface area contributed by atoms with Gasteiger partial charge in [0.15, 0.2) is 0 Å². The molecule has 2 atom stereocenters. The van der Waals surface area contributed by atoms with Crippen molar-refractivity contribution in [2.24, 2.45) is 13.0 Å². The molecular formula is C29H36N4O3. The molecule has 2 heterocycles. The van der Waals surface area contributed by atoms with E-state index in [0.717, 1.165) is 29.7 Å². The third kappa shape index (κ3) is 5.78. The molecule has 0 N–H and O–H groups in total. The van der Waals surface area contributed by atoms with E-state index in [-0.39, 0.29) is 29.7 Å². The van der Waals surface area contributed by atoms with Crippen LogP contribution in [0.3, 0.4) is 0 Å². The van der Waals surface area contributed by atoms with Gasteiger partial charge >= 0.3 is 0 Å². The van der Waals surface area contributed by atoms with Gasteiger partial charge in [-0.25, -0.2) is 0 Å². The summed E-state index contributed by atoms with van der Waals surface area (Å²) in [7, 11) is 5.35. The Bertz CT molecular complexity index is 1170. The van der Waals surface area contributed by atoms with Crippen LogP contribution in [0, 0.1) is 5.92 Å². The first-order chi connectivity index (χ1) is 17.4. The van der Waals surface area contributed by atoms with E-state index < -0.39 is 0 Å². The van der Waals surface area contributed by atoms with Crippen LogP contribution >= 0.6 is 0 Å². The quantitative estimate of drug-likeness (QED) is 0.478. The van der Waals surface area contributed by atoms with E-state index in [1.54, 1.807) is 24.1 Å². The van der Waals surface area contributed by atoms with Crippen molar-refractivity contribution in [3.8, 4) is 5.75 Å². The molecule has 1 aromatic heterocycles. The Hall–Kier alpha value is -3.61. The molecule has 4 rings (SSSR count). The average Bonchev–Trinajstić information content (AvgIpc) is 3.37. The van der Waals surface area contributed by atoms with E-state index in [2.05, 4.69) is 11.2 Å². The zero-order valence-electron chi connectivity index (χ0n) is 21.6. The summed E-state index contributed by atoms with van der Waals surface area (Å²) >= 11 is 0. The molecule has 1 aliphatic heterocycles. The summed E-state index contributed by atoms with van der Waals surface area (Å²) in [5.41, 5.74) is 2.61. The minimum atomic E-state index is -0.163. The second-order valence-electron chi connectivity index (χ2n) is 9.71. The van der Waals surface area contributed by atoms with E-state index in [9.17, 15) is 9.59 Å². The van der Waals surface area contributed by atoms with Crippen molar-refractivity contribution in [3.05, 3.63) is 83.7 Å². The molecule has 0 aliphatic carbocycles. The van der Waals surface area contributed by atoms with Crippen molar-refractivity contribution in [2.75, 3.05) is 27.2 Å². The number of methoxy groups -OCH3 is 1. The van der Waals surface area contributed by atoms with E-state index in [4.69, 9.17) is 4.74 Å². The Morgan fingerprint density at radius 1 is 1.08 bits per heavy atom. The van der Waals surface area contributed by atoms with Crippen LogP contribution < -0.4 is 4.74 Å². The van der Waals surface area contributed by atoms with Gasteiger partial charge < -0.3 is 14.5 Å². The van der Waals surface area contributed by atoms with E-state index in [1.807, 2.05) is 79.3 Å². The first kappa shape index (κ1) is 25.5. The SMILES string of the molecule is COc1cccc(CC(C2CCN(C(=O)C(C)c3ccccc3)CC2)N(C)C(=O)c2ccn(C)n2)c1. The maximum atomic E-state index is 13.3. The molecule has 0 radical (unpaired) electrons. The lowest BCUT2D eigenvalue weighted by Crippen LogP contribution is -2.49. The number of aryl methyl sites for hydroxylation is 1. The normalized spacial score (nSPS) is 15.8. The van der Waals surface area contributed by atoms with Gasteiger partial charge in [-0.15, -0.1) is 0 Å². The van der Waals surface area contributed by atoms with E-state index in [1.165, 1.54) is 0 Å². The molecule has 1 saturated heterocycles. The van der Waals surface area contributed by atoms with Crippen molar-refractivity contribution in [1.82, 2.24) is 19.6 Å². The maximum Gasteiger partial charge on any atom is 0.274 e. The van der Waals surface area contributed by atoms with Gasteiger partial charge in [0.05, 0.1) is 13.0 Å². The molecule has 0 saturated carbocycles. The van der Waals surface area contributed by atoms with Crippen LogP contribution in [0.15, 0.2) is 66.9 Å². The molecule has 7 nitrogen and oxygen atoms in total. The molecule has 3 aromatic rings. The van der Waals surface area contributed by atoms with Crippen molar-refractivity contribution in [3.63, 3.8) is 0 Å². The number of piperidine rings is 1. The Balaban J connectivity index is 1.49. The minimum absolute atomic E-state index is 0.0181. The van der Waals surface area contributed by atoms with Gasteiger partial charge in [0.2, 0.25) is 5.91 Å². The number of hydrogen-bond acceptors (Lipinski definition) is 4. The second-order valence-corrected chi connectivity index (χ2v) is 9.71. The molecular weight excluding hydrogens is 452 g/mol. The Kier molecular flexibility index (Phi) is 8.08. The largest absolute Gasteiger partial charge is 0.497 e. The third-order valence-corrected chi connectivity index (χ3v) is 7.39. The molecule has 2 amide bonds. The lowest BCUT2D eigenvalue weighted by Gasteiger charge is -2.40. The third-order valence-electron chi connectivity index (χ3n) is 7.39. The van der Waals surface area contributed by atoms with Crippen LogP contribution in [0.1, 0.15) is 47.3 Å². The van der Waals surface area contributed by atoms with Crippen molar-refractivity contribution >= 4 is 11.8 Å². The molecule has 2 aromatic carbocycles. The number of benzene rings is 2. The number of hydrogen-bond donors (Lipinski definition) is 0. The van der Waals surface area contributed by atoms with Crippen LogP contribution in [0.2, 0.25) is 0 Å². The number of carbonyl (C=O) groups is 2. The molecule has 0 bridgehead atoms. The lowest BCUT2D eigenvalue weighted by atomic mass is 9.84. The fourth-order valence-electron chi connectivity index (χ4n) is 5.18.